The Morgan fingerprint density at radius 3 is 2.40 bits per heavy atom. The Morgan fingerprint density at radius 1 is 1.07 bits per heavy atom. The maximum atomic E-state index is 13.9. The second-order valence-corrected chi connectivity index (χ2v) is 7.71. The molecule has 30 heavy (non-hydrogen) atoms. The van der Waals surface area contributed by atoms with Gasteiger partial charge >= 0.3 is 6.18 Å². The third kappa shape index (κ3) is 4.48. The molecule has 1 N–H and O–H groups in total. The maximum absolute atomic E-state index is 13.9. The van der Waals surface area contributed by atoms with Crippen LogP contribution in [0.3, 0.4) is 0 Å². The molecule has 0 spiro atoms. The monoisotopic (exact) mass is 417 g/mol. The van der Waals surface area contributed by atoms with Gasteiger partial charge in [-0.1, -0.05) is 42.5 Å². The van der Waals surface area contributed by atoms with Crippen LogP contribution in [0.25, 0.3) is 0 Å². The van der Waals surface area contributed by atoms with E-state index in [2.05, 4.69) is 5.32 Å². The molecule has 1 atom stereocenters. The molecule has 2 aromatic carbocycles. The molecule has 0 aromatic heterocycles. The number of rotatable bonds is 5. The van der Waals surface area contributed by atoms with Crippen LogP contribution in [0.15, 0.2) is 54.6 Å². The van der Waals surface area contributed by atoms with Gasteiger partial charge in [-0.2, -0.15) is 13.2 Å². The fourth-order valence-electron chi connectivity index (χ4n) is 3.82. The molecule has 2 aliphatic rings. The van der Waals surface area contributed by atoms with Crippen molar-refractivity contribution in [3.63, 3.8) is 0 Å². The smallest absolute Gasteiger partial charge is 0.324 e. The summed E-state index contributed by atoms with van der Waals surface area (Å²) >= 11 is 0. The number of halogens is 3. The Kier molecular flexibility index (Phi) is 5.51. The molecule has 0 unspecified atom stereocenters. The number of anilines is 2. The van der Waals surface area contributed by atoms with Gasteiger partial charge in [0.25, 0.3) is 0 Å². The van der Waals surface area contributed by atoms with Gasteiger partial charge in [-0.25, -0.2) is 0 Å². The summed E-state index contributed by atoms with van der Waals surface area (Å²) in [5.41, 5.74) is 1.28. The Morgan fingerprint density at radius 2 is 1.73 bits per heavy atom. The number of amides is 2. The highest BCUT2D eigenvalue weighted by Gasteiger charge is 2.49. The van der Waals surface area contributed by atoms with E-state index in [1.54, 1.807) is 12.1 Å². The van der Waals surface area contributed by atoms with Gasteiger partial charge in [0.1, 0.15) is 6.04 Å². The quantitative estimate of drug-likeness (QED) is 0.801. The number of carbonyl (C=O) groups is 2. The molecule has 158 valence electrons. The molecule has 1 aliphatic heterocycles. The summed E-state index contributed by atoms with van der Waals surface area (Å²) in [4.78, 5) is 28.0. The van der Waals surface area contributed by atoms with Crippen LogP contribution in [0.5, 0.6) is 0 Å². The minimum atomic E-state index is -4.73. The fraction of sp³-hybridized carbons (Fsp3) is 0.364. The van der Waals surface area contributed by atoms with Crippen LogP contribution in [0.2, 0.25) is 0 Å². The minimum Gasteiger partial charge on any atom is -0.324 e. The van der Waals surface area contributed by atoms with Gasteiger partial charge in [-0.05, 0) is 30.5 Å². The molecule has 4 rings (SSSR count). The topological polar surface area (TPSA) is 52.7 Å². The summed E-state index contributed by atoms with van der Waals surface area (Å²) in [5, 5.41) is 2.49. The minimum absolute atomic E-state index is 0.0751. The Balaban J connectivity index is 1.64. The van der Waals surface area contributed by atoms with Crippen molar-refractivity contribution in [1.29, 1.82) is 0 Å². The summed E-state index contributed by atoms with van der Waals surface area (Å²) in [6.07, 6.45) is -3.72. The Labute approximate surface area is 172 Å². The lowest BCUT2D eigenvalue weighted by Crippen LogP contribution is -2.52. The third-order valence-electron chi connectivity index (χ3n) is 5.40. The van der Waals surface area contributed by atoms with Crippen LogP contribution in [-0.2, 0) is 16.1 Å². The van der Waals surface area contributed by atoms with E-state index >= 15 is 0 Å². The van der Waals surface area contributed by atoms with Gasteiger partial charge in [0.15, 0.2) is 0 Å². The lowest BCUT2D eigenvalue weighted by Gasteiger charge is -2.33. The molecule has 0 saturated heterocycles. The van der Waals surface area contributed by atoms with Crippen molar-refractivity contribution in [1.82, 2.24) is 4.90 Å². The zero-order valence-electron chi connectivity index (χ0n) is 16.2. The zero-order valence-corrected chi connectivity index (χ0v) is 16.2. The predicted molar refractivity (Wildman–Crippen MR) is 107 cm³/mol. The molecule has 0 bridgehead atoms. The Bertz CT molecular complexity index is 929. The Hall–Kier alpha value is -2.87. The normalized spacial score (nSPS) is 19.3. The molecule has 2 aromatic rings. The van der Waals surface area contributed by atoms with E-state index in [1.165, 1.54) is 12.1 Å². The molecule has 1 aliphatic carbocycles. The lowest BCUT2D eigenvalue weighted by atomic mass is 10.1. The first-order chi connectivity index (χ1) is 14.3. The van der Waals surface area contributed by atoms with Crippen molar-refractivity contribution >= 4 is 23.2 Å². The fourth-order valence-corrected chi connectivity index (χ4v) is 3.82. The lowest BCUT2D eigenvalue weighted by molar-refractivity contribution is -0.158. The first-order valence-corrected chi connectivity index (χ1v) is 9.88. The molecule has 5 nitrogen and oxygen atoms in total. The molecule has 8 heteroatoms. The highest BCUT2D eigenvalue weighted by atomic mass is 19.4. The first kappa shape index (κ1) is 20.4. The number of hydrogen-bond donors (Lipinski definition) is 1. The molecular formula is C22H22F3N3O2. The molecule has 0 radical (unpaired) electrons. The molecular weight excluding hydrogens is 395 g/mol. The number of fused-ring (bicyclic) bond motifs is 1. The van der Waals surface area contributed by atoms with Crippen molar-refractivity contribution in [3.8, 4) is 0 Å². The van der Waals surface area contributed by atoms with Crippen LogP contribution in [0.4, 0.5) is 24.5 Å². The van der Waals surface area contributed by atoms with E-state index in [0.29, 0.717) is 6.54 Å². The molecule has 1 heterocycles. The zero-order chi connectivity index (χ0) is 21.3. The SMILES string of the molecule is O=C1C[C@H](C(F)(F)F)N(C(=O)CN(Cc2ccccc2)C2CC2)c2ccccc2N1. The second kappa shape index (κ2) is 8.10. The van der Waals surface area contributed by atoms with Gasteiger partial charge < -0.3 is 5.32 Å². The van der Waals surface area contributed by atoms with Crippen LogP contribution < -0.4 is 10.2 Å². The average Bonchev–Trinajstić information content (AvgIpc) is 3.54. The third-order valence-corrected chi connectivity index (χ3v) is 5.40. The van der Waals surface area contributed by atoms with E-state index in [0.717, 1.165) is 23.3 Å². The summed E-state index contributed by atoms with van der Waals surface area (Å²) < 4.78 is 41.6. The van der Waals surface area contributed by atoms with Crippen molar-refractivity contribution < 1.29 is 22.8 Å². The first-order valence-electron chi connectivity index (χ1n) is 9.88. The molecule has 1 fully saturated rings. The summed E-state index contributed by atoms with van der Waals surface area (Å²) in [5.74, 6) is -1.42. The van der Waals surface area contributed by atoms with Crippen LogP contribution >= 0.6 is 0 Å². The highest BCUT2D eigenvalue weighted by Crippen LogP contribution is 2.38. The number of alkyl halides is 3. The molecule has 1 saturated carbocycles. The number of nitrogens with one attached hydrogen (secondary N) is 1. The second-order valence-electron chi connectivity index (χ2n) is 7.71. The standard InChI is InChI=1S/C22H22F3N3O2/c23-22(24,25)19-12-20(29)26-17-8-4-5-9-18(17)28(19)21(30)14-27(16-10-11-16)13-15-6-2-1-3-7-15/h1-9,16,19H,10-14H2,(H,26,29)/t19-/m1/s1. The predicted octanol–water partition coefficient (Wildman–Crippen LogP) is 3.96. The summed E-state index contributed by atoms with van der Waals surface area (Å²) in [6.45, 7) is 0.343. The highest BCUT2D eigenvalue weighted by molar-refractivity contribution is 6.05. The van der Waals surface area contributed by atoms with E-state index in [4.69, 9.17) is 0 Å². The number of nitrogens with zero attached hydrogens (tertiary/aromatic N) is 2. The largest absolute Gasteiger partial charge is 0.409 e. The maximum Gasteiger partial charge on any atom is 0.409 e. The molecule has 2 amide bonds. The van der Waals surface area contributed by atoms with Gasteiger partial charge in [0, 0.05) is 12.6 Å². The van der Waals surface area contributed by atoms with Gasteiger partial charge in [-0.3, -0.25) is 19.4 Å². The van der Waals surface area contributed by atoms with Crippen molar-refractivity contribution in [2.24, 2.45) is 0 Å². The average molecular weight is 417 g/mol. The van der Waals surface area contributed by atoms with Crippen LogP contribution in [0.1, 0.15) is 24.8 Å². The number of para-hydroxylation sites is 2. The van der Waals surface area contributed by atoms with Crippen molar-refractivity contribution in [3.05, 3.63) is 60.2 Å². The van der Waals surface area contributed by atoms with Crippen LogP contribution in [-0.4, -0.2) is 41.5 Å². The van der Waals surface area contributed by atoms with Gasteiger partial charge in [-0.15, -0.1) is 0 Å². The summed E-state index contributed by atoms with van der Waals surface area (Å²) in [7, 11) is 0. The number of benzene rings is 2. The van der Waals surface area contributed by atoms with Crippen LogP contribution in [0, 0.1) is 0 Å². The van der Waals surface area contributed by atoms with E-state index < -0.39 is 30.5 Å². The van der Waals surface area contributed by atoms with E-state index in [9.17, 15) is 22.8 Å². The number of carbonyl (C=O) groups excluding carboxylic acids is 2. The van der Waals surface area contributed by atoms with E-state index in [-0.39, 0.29) is 24.0 Å². The van der Waals surface area contributed by atoms with Crippen molar-refractivity contribution in [2.75, 3.05) is 16.8 Å². The van der Waals surface area contributed by atoms with Gasteiger partial charge in [0.05, 0.1) is 24.3 Å². The number of hydrogen-bond acceptors (Lipinski definition) is 3. The summed E-state index contributed by atoms with van der Waals surface area (Å²) in [6, 6.07) is 13.6. The van der Waals surface area contributed by atoms with E-state index in [1.807, 2.05) is 35.2 Å². The van der Waals surface area contributed by atoms with Crippen molar-refractivity contribution in [2.45, 2.75) is 44.1 Å². The van der Waals surface area contributed by atoms with Gasteiger partial charge in [0.2, 0.25) is 11.8 Å².